The van der Waals surface area contributed by atoms with E-state index in [0.717, 1.165) is 17.7 Å². The molecule has 0 aromatic carbocycles. The van der Waals surface area contributed by atoms with Crippen LogP contribution in [0.2, 0.25) is 0 Å². The van der Waals surface area contributed by atoms with Gasteiger partial charge in [0.15, 0.2) is 0 Å². The van der Waals surface area contributed by atoms with Gasteiger partial charge in [-0.05, 0) is 31.3 Å². The molecule has 15 heavy (non-hydrogen) atoms. The summed E-state index contributed by atoms with van der Waals surface area (Å²) in [5.41, 5.74) is -0.251. The van der Waals surface area contributed by atoms with Gasteiger partial charge in [-0.3, -0.25) is 0 Å². The van der Waals surface area contributed by atoms with Crippen LogP contribution in [0.1, 0.15) is 38.5 Å². The molecule has 2 heteroatoms. The van der Waals surface area contributed by atoms with Crippen LogP contribution in [0.4, 0.5) is 0 Å². The summed E-state index contributed by atoms with van der Waals surface area (Å²) in [6.45, 7) is 0. The summed E-state index contributed by atoms with van der Waals surface area (Å²) in [6, 6.07) is 0. The molecule has 2 aliphatic carbocycles. The Hall–Kier alpha value is -0.560. The van der Waals surface area contributed by atoms with Gasteiger partial charge in [-0.2, -0.15) is 0 Å². The average Bonchev–Trinajstić information content (AvgIpc) is 2.32. The fraction of sp³-hybridized carbons (Fsp3) is 0.615. The van der Waals surface area contributed by atoms with Gasteiger partial charge >= 0.3 is 0 Å². The molecule has 0 aliphatic heterocycles. The normalized spacial score (nSPS) is 32.5. The number of aldehydes is 1. The maximum absolute atomic E-state index is 11.4. The van der Waals surface area contributed by atoms with Crippen molar-refractivity contribution in [2.45, 2.75) is 38.5 Å². The van der Waals surface area contributed by atoms with E-state index < -0.39 is 0 Å². The molecule has 1 saturated carbocycles. The molecule has 0 N–H and O–H groups in total. The fourth-order valence-corrected chi connectivity index (χ4v) is 2.91. The first-order valence-electron chi connectivity index (χ1n) is 5.78. The molecular formula is C13H17ClO. The molecule has 1 atom stereocenters. The highest BCUT2D eigenvalue weighted by atomic mass is 35.5. The molecule has 0 radical (unpaired) electrons. The SMILES string of the molecule is O=CC1(C2CCCCC2)C=CC(Cl)=CC1. The number of allylic oxidation sites excluding steroid dienone is 4. The van der Waals surface area contributed by atoms with E-state index >= 15 is 0 Å². The Kier molecular flexibility index (Phi) is 3.30. The maximum Gasteiger partial charge on any atom is 0.130 e. The summed E-state index contributed by atoms with van der Waals surface area (Å²) < 4.78 is 0. The van der Waals surface area contributed by atoms with Gasteiger partial charge in [-0.15, -0.1) is 0 Å². The monoisotopic (exact) mass is 224 g/mol. The fourth-order valence-electron chi connectivity index (χ4n) is 2.77. The Morgan fingerprint density at radius 3 is 2.60 bits per heavy atom. The lowest BCUT2D eigenvalue weighted by molar-refractivity contribution is -0.116. The predicted octanol–water partition coefficient (Wildman–Crippen LogP) is 3.83. The molecule has 1 unspecified atom stereocenters. The van der Waals surface area contributed by atoms with Crippen LogP contribution in [0.15, 0.2) is 23.3 Å². The molecule has 2 rings (SSSR count). The topological polar surface area (TPSA) is 17.1 Å². The number of carbonyl (C=O) groups is 1. The molecule has 1 fully saturated rings. The van der Waals surface area contributed by atoms with Crippen molar-refractivity contribution in [3.8, 4) is 0 Å². The van der Waals surface area contributed by atoms with Gasteiger partial charge in [-0.1, -0.05) is 43.0 Å². The zero-order valence-corrected chi connectivity index (χ0v) is 9.67. The van der Waals surface area contributed by atoms with Crippen molar-refractivity contribution < 1.29 is 4.79 Å². The number of carbonyl (C=O) groups excluding carboxylic acids is 1. The van der Waals surface area contributed by atoms with E-state index in [4.69, 9.17) is 11.6 Å². The number of rotatable bonds is 2. The van der Waals surface area contributed by atoms with E-state index in [0.29, 0.717) is 5.92 Å². The smallest absolute Gasteiger partial charge is 0.130 e. The van der Waals surface area contributed by atoms with Gasteiger partial charge in [0.05, 0.1) is 5.41 Å². The van der Waals surface area contributed by atoms with Crippen LogP contribution < -0.4 is 0 Å². The van der Waals surface area contributed by atoms with E-state index in [1.165, 1.54) is 32.1 Å². The first-order chi connectivity index (χ1) is 7.27. The lowest BCUT2D eigenvalue weighted by Gasteiger charge is -2.37. The number of halogens is 1. The van der Waals surface area contributed by atoms with Gasteiger partial charge in [0.25, 0.3) is 0 Å². The summed E-state index contributed by atoms with van der Waals surface area (Å²) in [6.07, 6.45) is 14.1. The predicted molar refractivity (Wildman–Crippen MR) is 62.8 cm³/mol. The molecule has 0 heterocycles. The first kappa shape index (κ1) is 10.9. The maximum atomic E-state index is 11.4. The summed E-state index contributed by atoms with van der Waals surface area (Å²) in [5, 5.41) is 0.767. The highest BCUT2D eigenvalue weighted by molar-refractivity contribution is 6.31. The molecule has 82 valence electrons. The lowest BCUT2D eigenvalue weighted by atomic mass is 9.66. The van der Waals surface area contributed by atoms with Crippen LogP contribution in [-0.2, 0) is 4.79 Å². The number of hydrogen-bond acceptors (Lipinski definition) is 1. The van der Waals surface area contributed by atoms with Gasteiger partial charge in [0.2, 0.25) is 0 Å². The van der Waals surface area contributed by atoms with Crippen LogP contribution in [-0.4, -0.2) is 6.29 Å². The average molecular weight is 225 g/mol. The molecule has 0 spiro atoms. The Morgan fingerprint density at radius 1 is 1.33 bits per heavy atom. The second-order valence-electron chi connectivity index (χ2n) is 4.69. The zero-order chi connectivity index (χ0) is 10.7. The van der Waals surface area contributed by atoms with Crippen LogP contribution in [0.5, 0.6) is 0 Å². The third-order valence-corrected chi connectivity index (χ3v) is 4.07. The quantitative estimate of drug-likeness (QED) is 0.652. The first-order valence-corrected chi connectivity index (χ1v) is 6.16. The summed E-state index contributed by atoms with van der Waals surface area (Å²) >= 11 is 5.90. The van der Waals surface area contributed by atoms with E-state index in [1.807, 2.05) is 18.2 Å². The minimum Gasteiger partial charge on any atom is -0.302 e. The van der Waals surface area contributed by atoms with Gasteiger partial charge in [0.1, 0.15) is 6.29 Å². The van der Waals surface area contributed by atoms with E-state index in [9.17, 15) is 4.79 Å². The minimum atomic E-state index is -0.251. The molecule has 0 saturated heterocycles. The minimum absolute atomic E-state index is 0.251. The van der Waals surface area contributed by atoms with Crippen molar-refractivity contribution in [2.24, 2.45) is 11.3 Å². The second kappa shape index (κ2) is 4.52. The van der Waals surface area contributed by atoms with Gasteiger partial charge < -0.3 is 4.79 Å². The van der Waals surface area contributed by atoms with Crippen molar-refractivity contribution >= 4 is 17.9 Å². The summed E-state index contributed by atoms with van der Waals surface area (Å²) in [7, 11) is 0. The zero-order valence-electron chi connectivity index (χ0n) is 8.92. The van der Waals surface area contributed by atoms with Crippen LogP contribution >= 0.6 is 11.6 Å². The Bertz CT molecular complexity index is 300. The van der Waals surface area contributed by atoms with Crippen molar-refractivity contribution in [2.75, 3.05) is 0 Å². The number of hydrogen-bond donors (Lipinski definition) is 0. The Morgan fingerprint density at radius 2 is 2.07 bits per heavy atom. The van der Waals surface area contributed by atoms with E-state index in [2.05, 4.69) is 0 Å². The van der Waals surface area contributed by atoms with Crippen molar-refractivity contribution in [3.05, 3.63) is 23.3 Å². The van der Waals surface area contributed by atoms with E-state index in [1.54, 1.807) is 0 Å². The standard InChI is InChI=1S/C13H17ClO/c14-12-6-8-13(10-15,9-7-12)11-4-2-1-3-5-11/h6-8,10-11H,1-5,9H2. The van der Waals surface area contributed by atoms with Crippen molar-refractivity contribution in [1.29, 1.82) is 0 Å². The lowest BCUT2D eigenvalue weighted by Crippen LogP contribution is -2.32. The Labute approximate surface area is 96.2 Å². The Balaban J connectivity index is 2.15. The second-order valence-corrected chi connectivity index (χ2v) is 5.13. The van der Waals surface area contributed by atoms with E-state index in [-0.39, 0.29) is 5.41 Å². The van der Waals surface area contributed by atoms with Gasteiger partial charge in [-0.25, -0.2) is 0 Å². The van der Waals surface area contributed by atoms with Crippen molar-refractivity contribution in [1.82, 2.24) is 0 Å². The largest absolute Gasteiger partial charge is 0.302 e. The molecule has 0 amide bonds. The van der Waals surface area contributed by atoms with Crippen LogP contribution in [0, 0.1) is 11.3 Å². The third kappa shape index (κ3) is 2.17. The molecule has 0 bridgehead atoms. The highest BCUT2D eigenvalue weighted by Crippen LogP contribution is 2.43. The molecule has 0 aromatic heterocycles. The van der Waals surface area contributed by atoms with Crippen LogP contribution in [0.25, 0.3) is 0 Å². The van der Waals surface area contributed by atoms with Crippen LogP contribution in [0.3, 0.4) is 0 Å². The molecule has 2 aliphatic rings. The molecule has 0 aromatic rings. The van der Waals surface area contributed by atoms with Gasteiger partial charge in [0, 0.05) is 5.03 Å². The van der Waals surface area contributed by atoms with Crippen molar-refractivity contribution in [3.63, 3.8) is 0 Å². The summed E-state index contributed by atoms with van der Waals surface area (Å²) in [4.78, 5) is 11.4. The summed E-state index contributed by atoms with van der Waals surface area (Å²) in [5.74, 6) is 0.529. The highest BCUT2D eigenvalue weighted by Gasteiger charge is 2.37. The third-order valence-electron chi connectivity index (χ3n) is 3.79. The molecular weight excluding hydrogens is 208 g/mol. The molecule has 1 nitrogen and oxygen atoms in total.